The van der Waals surface area contributed by atoms with E-state index in [0.717, 1.165) is 5.06 Å². The van der Waals surface area contributed by atoms with Crippen LogP contribution in [0.25, 0.3) is 0 Å². The Labute approximate surface area is 87.3 Å². The number of nitrogens with zero attached hydrogens (tertiary/aromatic N) is 1. The summed E-state index contributed by atoms with van der Waals surface area (Å²) in [6, 6.07) is -0.434. The Balaban J connectivity index is 3.56. The number of alkyl halides is 1. The Bertz CT molecular complexity index is 201. The maximum Gasteiger partial charge on any atom is 0.341 e. The van der Waals surface area contributed by atoms with Gasteiger partial charge in [0.1, 0.15) is 0 Å². The summed E-state index contributed by atoms with van der Waals surface area (Å²) in [5.41, 5.74) is 4.88. The maximum absolute atomic E-state index is 11.1. The third-order valence-electron chi connectivity index (χ3n) is 1.30. The minimum Gasteiger partial charge on any atom is -0.370 e. The molecule has 0 unspecified atom stereocenters. The first-order valence-corrected chi connectivity index (χ1v) is 4.60. The molecule has 0 rings (SSSR count). The van der Waals surface area contributed by atoms with Gasteiger partial charge in [-0.25, -0.2) is 9.86 Å². The molecule has 0 fully saturated rings. The fraction of sp³-hybridized carbons (Fsp3) is 0.714. The van der Waals surface area contributed by atoms with Crippen LogP contribution in [-0.4, -0.2) is 43.1 Å². The zero-order valence-electron chi connectivity index (χ0n) is 7.96. The molecule has 0 aromatic rings. The fourth-order valence-electron chi connectivity index (χ4n) is 0.634. The van der Waals surface area contributed by atoms with Gasteiger partial charge in [0.15, 0.2) is 0 Å². The zero-order chi connectivity index (χ0) is 11.0. The third kappa shape index (κ3) is 6.50. The molecule has 82 valence electrons. The number of carbonyl (C=O) groups excluding carboxylic acids is 2. The third-order valence-corrected chi connectivity index (χ3v) is 1.45. The standard InChI is InChI=1S/C7H14ClN3O3/c1-11(14-5-3-8)7(13)10-4-2-6(9)12/h2-5H2,1H3,(H2,9,12)(H,10,13). The number of rotatable bonds is 6. The van der Waals surface area contributed by atoms with Gasteiger partial charge in [-0.3, -0.25) is 9.63 Å². The van der Waals surface area contributed by atoms with Gasteiger partial charge >= 0.3 is 6.03 Å². The number of carbonyl (C=O) groups is 2. The molecule has 6 nitrogen and oxygen atoms in total. The Morgan fingerprint density at radius 2 is 2.21 bits per heavy atom. The van der Waals surface area contributed by atoms with Crippen LogP contribution >= 0.6 is 11.6 Å². The molecule has 0 aliphatic rings. The molecule has 14 heavy (non-hydrogen) atoms. The second-order valence-corrected chi connectivity index (χ2v) is 2.85. The molecule has 0 saturated carbocycles. The summed E-state index contributed by atoms with van der Waals surface area (Å²) >= 11 is 5.35. The van der Waals surface area contributed by atoms with Crippen LogP contribution in [0.3, 0.4) is 0 Å². The van der Waals surface area contributed by atoms with Gasteiger partial charge in [-0.1, -0.05) is 0 Å². The Hall–Kier alpha value is -1.01. The lowest BCUT2D eigenvalue weighted by Crippen LogP contribution is -2.39. The minimum absolute atomic E-state index is 0.106. The molecular formula is C7H14ClN3O3. The van der Waals surface area contributed by atoms with Crippen molar-refractivity contribution in [2.75, 3.05) is 26.1 Å². The first-order chi connectivity index (χ1) is 6.57. The molecule has 0 aliphatic heterocycles. The number of nitrogens with two attached hydrogens (primary N) is 1. The van der Waals surface area contributed by atoms with Crippen LogP contribution in [0.5, 0.6) is 0 Å². The number of urea groups is 1. The summed E-state index contributed by atoms with van der Waals surface area (Å²) in [7, 11) is 1.45. The molecular weight excluding hydrogens is 210 g/mol. The minimum atomic E-state index is -0.463. The maximum atomic E-state index is 11.1. The summed E-state index contributed by atoms with van der Waals surface area (Å²) < 4.78 is 0. The number of amides is 3. The van der Waals surface area contributed by atoms with E-state index in [1.165, 1.54) is 7.05 Å². The van der Waals surface area contributed by atoms with Crippen LogP contribution in [0.15, 0.2) is 0 Å². The SMILES string of the molecule is CN(OCCCl)C(=O)NCCC(N)=O. The van der Waals surface area contributed by atoms with Gasteiger partial charge in [0, 0.05) is 25.9 Å². The normalized spacial score (nSPS) is 9.57. The van der Waals surface area contributed by atoms with Crippen LogP contribution < -0.4 is 11.1 Å². The van der Waals surface area contributed by atoms with Gasteiger partial charge in [-0.05, 0) is 0 Å². The van der Waals surface area contributed by atoms with Crippen molar-refractivity contribution in [3.63, 3.8) is 0 Å². The Morgan fingerprint density at radius 1 is 1.57 bits per heavy atom. The van der Waals surface area contributed by atoms with Gasteiger partial charge < -0.3 is 11.1 Å². The van der Waals surface area contributed by atoms with Crippen molar-refractivity contribution >= 4 is 23.5 Å². The Kier molecular flexibility index (Phi) is 6.87. The monoisotopic (exact) mass is 223 g/mol. The highest BCUT2D eigenvalue weighted by molar-refractivity contribution is 6.17. The van der Waals surface area contributed by atoms with Gasteiger partial charge in [0.25, 0.3) is 0 Å². The number of primary amides is 1. The van der Waals surface area contributed by atoms with E-state index in [1.54, 1.807) is 0 Å². The number of halogens is 1. The molecule has 0 radical (unpaired) electrons. The van der Waals surface area contributed by atoms with Crippen LogP contribution in [0, 0.1) is 0 Å². The highest BCUT2D eigenvalue weighted by Gasteiger charge is 2.07. The summed E-state index contributed by atoms with van der Waals surface area (Å²) in [5, 5.41) is 3.46. The van der Waals surface area contributed by atoms with E-state index in [1.807, 2.05) is 0 Å². The molecule has 3 N–H and O–H groups in total. The Morgan fingerprint density at radius 3 is 2.71 bits per heavy atom. The van der Waals surface area contributed by atoms with E-state index in [2.05, 4.69) is 5.32 Å². The van der Waals surface area contributed by atoms with Crippen molar-refractivity contribution in [2.24, 2.45) is 5.73 Å². The predicted molar refractivity (Wildman–Crippen MR) is 51.6 cm³/mol. The quantitative estimate of drug-likeness (QED) is 0.478. The average molecular weight is 224 g/mol. The van der Waals surface area contributed by atoms with Crippen molar-refractivity contribution in [3.05, 3.63) is 0 Å². The van der Waals surface area contributed by atoms with E-state index in [-0.39, 0.29) is 19.6 Å². The van der Waals surface area contributed by atoms with Gasteiger partial charge in [0.2, 0.25) is 5.91 Å². The van der Waals surface area contributed by atoms with Crippen molar-refractivity contribution in [2.45, 2.75) is 6.42 Å². The summed E-state index contributed by atoms with van der Waals surface area (Å²) in [6.07, 6.45) is 0.106. The molecule has 0 heterocycles. The number of hydroxylamine groups is 2. The number of nitrogens with one attached hydrogen (secondary N) is 1. The first kappa shape index (κ1) is 13.0. The first-order valence-electron chi connectivity index (χ1n) is 4.06. The lowest BCUT2D eigenvalue weighted by atomic mass is 10.4. The fourth-order valence-corrected chi connectivity index (χ4v) is 0.703. The van der Waals surface area contributed by atoms with Gasteiger partial charge in [-0.2, -0.15) is 0 Å². The van der Waals surface area contributed by atoms with Crippen molar-refractivity contribution < 1.29 is 14.4 Å². The smallest absolute Gasteiger partial charge is 0.341 e. The number of hydrogen-bond donors (Lipinski definition) is 2. The zero-order valence-corrected chi connectivity index (χ0v) is 8.71. The molecule has 0 saturated heterocycles. The molecule has 0 aromatic heterocycles. The molecule has 7 heteroatoms. The van der Waals surface area contributed by atoms with Crippen molar-refractivity contribution in [3.8, 4) is 0 Å². The topological polar surface area (TPSA) is 84.7 Å². The summed E-state index contributed by atoms with van der Waals surface area (Å²) in [4.78, 5) is 26.3. The van der Waals surface area contributed by atoms with Crippen LogP contribution in [0.1, 0.15) is 6.42 Å². The second-order valence-electron chi connectivity index (χ2n) is 2.47. The van der Waals surface area contributed by atoms with Gasteiger partial charge in [-0.15, -0.1) is 11.6 Å². The molecule has 0 bridgehead atoms. The number of hydrogen-bond acceptors (Lipinski definition) is 3. The molecule has 0 aromatic carbocycles. The summed E-state index contributed by atoms with van der Waals surface area (Å²) in [5.74, 6) is -0.159. The lowest BCUT2D eigenvalue weighted by molar-refractivity contribution is -0.118. The van der Waals surface area contributed by atoms with Crippen molar-refractivity contribution in [1.82, 2.24) is 10.4 Å². The second kappa shape index (κ2) is 7.40. The lowest BCUT2D eigenvalue weighted by Gasteiger charge is -2.16. The van der Waals surface area contributed by atoms with Crippen LogP contribution in [0.4, 0.5) is 4.79 Å². The molecule has 0 spiro atoms. The highest BCUT2D eigenvalue weighted by atomic mass is 35.5. The largest absolute Gasteiger partial charge is 0.370 e. The van der Waals surface area contributed by atoms with E-state index in [4.69, 9.17) is 22.2 Å². The van der Waals surface area contributed by atoms with E-state index in [9.17, 15) is 9.59 Å². The average Bonchev–Trinajstić information content (AvgIpc) is 2.13. The summed E-state index contributed by atoms with van der Waals surface area (Å²) in [6.45, 7) is 0.448. The van der Waals surface area contributed by atoms with Crippen LogP contribution in [-0.2, 0) is 9.63 Å². The van der Waals surface area contributed by atoms with Gasteiger partial charge in [0.05, 0.1) is 6.61 Å². The van der Waals surface area contributed by atoms with E-state index >= 15 is 0 Å². The van der Waals surface area contributed by atoms with E-state index < -0.39 is 11.9 Å². The van der Waals surface area contributed by atoms with Crippen molar-refractivity contribution in [1.29, 1.82) is 0 Å². The van der Waals surface area contributed by atoms with Crippen LogP contribution in [0.2, 0.25) is 0 Å². The predicted octanol–water partition coefficient (Wildman–Crippen LogP) is -0.326. The molecule has 3 amide bonds. The highest BCUT2D eigenvalue weighted by Crippen LogP contribution is 1.88. The molecule has 0 aliphatic carbocycles. The molecule has 0 atom stereocenters. The van der Waals surface area contributed by atoms with E-state index in [0.29, 0.717) is 5.88 Å².